The van der Waals surface area contributed by atoms with Crippen molar-refractivity contribution in [2.45, 2.75) is 82.0 Å². The number of fused-ring (bicyclic) bond motifs is 3. The molecule has 1 saturated carbocycles. The molecule has 6 heteroatoms. The average Bonchev–Trinajstić information content (AvgIpc) is 3.34. The highest BCUT2D eigenvalue weighted by molar-refractivity contribution is 5.86. The summed E-state index contributed by atoms with van der Waals surface area (Å²) in [6.07, 6.45) is 6.47. The highest BCUT2D eigenvalue weighted by atomic mass is 16.9. The first-order chi connectivity index (χ1) is 19.7. The minimum atomic E-state index is -0.880. The summed E-state index contributed by atoms with van der Waals surface area (Å²) in [4.78, 5) is 6.43. The Morgan fingerprint density at radius 2 is 1.50 bits per heavy atom. The normalized spacial score (nSPS) is 29.1. The number of rotatable bonds is 8. The zero-order valence-electron chi connectivity index (χ0n) is 22.8. The van der Waals surface area contributed by atoms with Crippen LogP contribution in [-0.4, -0.2) is 40.7 Å². The van der Waals surface area contributed by atoms with E-state index in [1.165, 1.54) is 33.3 Å². The van der Waals surface area contributed by atoms with E-state index in [1.54, 1.807) is 0 Å². The van der Waals surface area contributed by atoms with Crippen LogP contribution in [-0.2, 0) is 33.8 Å². The minimum Gasteiger partial charge on any atom is -0.489 e. The molecule has 9 rings (SSSR count). The summed E-state index contributed by atoms with van der Waals surface area (Å²) in [5, 5.41) is 1.27. The molecular weight excluding hydrogens is 500 g/mol. The highest BCUT2D eigenvalue weighted by Crippen LogP contribution is 2.48. The molecule has 3 saturated heterocycles. The van der Waals surface area contributed by atoms with Crippen molar-refractivity contribution < 1.29 is 18.9 Å². The van der Waals surface area contributed by atoms with Crippen LogP contribution in [0, 0.1) is 0 Å². The van der Waals surface area contributed by atoms with Gasteiger partial charge in [0.1, 0.15) is 12.4 Å². The first kappa shape index (κ1) is 24.6. The Morgan fingerprint density at radius 1 is 0.825 bits per heavy atom. The predicted molar refractivity (Wildman–Crippen MR) is 153 cm³/mol. The van der Waals surface area contributed by atoms with E-state index < -0.39 is 5.97 Å². The molecule has 5 aliphatic rings. The lowest BCUT2D eigenvalue weighted by atomic mass is 9.88. The second kappa shape index (κ2) is 10.0. The molecule has 0 spiro atoms. The first-order valence-corrected chi connectivity index (χ1v) is 14.8. The maximum Gasteiger partial charge on any atom is 0.283 e. The predicted octanol–water partition coefficient (Wildman–Crippen LogP) is 6.65. The molecule has 4 aromatic rings. The van der Waals surface area contributed by atoms with Gasteiger partial charge in [-0.15, -0.1) is 0 Å². The fourth-order valence-electron chi connectivity index (χ4n) is 7.35. The average molecular weight is 537 g/mol. The molecule has 4 aliphatic heterocycles. The molecular formula is C34H36N2O4. The Hall–Kier alpha value is -3.16. The van der Waals surface area contributed by atoms with Gasteiger partial charge >= 0.3 is 0 Å². The van der Waals surface area contributed by atoms with Crippen molar-refractivity contribution in [3.8, 4) is 5.75 Å². The van der Waals surface area contributed by atoms with Crippen LogP contribution in [0.2, 0.25) is 0 Å². The lowest BCUT2D eigenvalue weighted by molar-refractivity contribution is -0.495. The van der Waals surface area contributed by atoms with Gasteiger partial charge in [0.05, 0.1) is 24.4 Å². The summed E-state index contributed by atoms with van der Waals surface area (Å²) in [5.41, 5.74) is 6.39. The molecule has 4 bridgehead atoms. The number of hydrogen-bond donors (Lipinski definition) is 1. The maximum atomic E-state index is 6.39. The van der Waals surface area contributed by atoms with Gasteiger partial charge in [0.2, 0.25) is 0 Å². The van der Waals surface area contributed by atoms with Crippen LogP contribution < -0.4 is 4.74 Å². The Bertz CT molecular complexity index is 1450. The molecule has 5 heterocycles. The molecule has 40 heavy (non-hydrogen) atoms. The second-order valence-corrected chi connectivity index (χ2v) is 11.9. The van der Waals surface area contributed by atoms with E-state index in [2.05, 4.69) is 82.7 Å². The zero-order chi connectivity index (χ0) is 26.5. The van der Waals surface area contributed by atoms with Crippen molar-refractivity contribution in [1.29, 1.82) is 0 Å². The van der Waals surface area contributed by atoms with Crippen LogP contribution in [0.1, 0.15) is 60.5 Å². The van der Waals surface area contributed by atoms with Gasteiger partial charge in [-0.1, -0.05) is 60.7 Å². The van der Waals surface area contributed by atoms with Crippen LogP contribution >= 0.6 is 0 Å². The Balaban J connectivity index is 1.08. The smallest absolute Gasteiger partial charge is 0.283 e. The van der Waals surface area contributed by atoms with E-state index in [1.807, 2.05) is 6.07 Å². The fraction of sp³-hybridized carbons (Fsp3) is 0.412. The van der Waals surface area contributed by atoms with Crippen molar-refractivity contribution >= 4 is 10.9 Å². The summed E-state index contributed by atoms with van der Waals surface area (Å²) in [5.74, 6) is 0.0279. The molecule has 1 aliphatic carbocycles. The van der Waals surface area contributed by atoms with Gasteiger partial charge < -0.3 is 23.9 Å². The molecule has 1 aromatic heterocycles. The molecule has 0 radical (unpaired) electrons. The van der Waals surface area contributed by atoms with Gasteiger partial charge in [-0.25, -0.2) is 0 Å². The monoisotopic (exact) mass is 536 g/mol. The molecule has 3 aromatic carbocycles. The third-order valence-corrected chi connectivity index (χ3v) is 9.15. The van der Waals surface area contributed by atoms with Crippen LogP contribution in [0.25, 0.3) is 10.9 Å². The third kappa shape index (κ3) is 4.63. The number of aromatic amines is 1. The van der Waals surface area contributed by atoms with Crippen molar-refractivity contribution in [3.63, 3.8) is 0 Å². The SMILES string of the molecule is c1ccc(COc2ccc3[nH]c4c(c3c2)CCN(Cc2ccccc2)C4CCC23OC4CC(CC(C4)O2)O3)cc1. The van der Waals surface area contributed by atoms with E-state index in [0.717, 1.165) is 57.4 Å². The lowest BCUT2D eigenvalue weighted by Gasteiger charge is -2.55. The van der Waals surface area contributed by atoms with E-state index in [-0.39, 0.29) is 24.4 Å². The molecule has 0 amide bonds. The summed E-state index contributed by atoms with van der Waals surface area (Å²) in [6.45, 7) is 2.48. The Morgan fingerprint density at radius 3 is 2.20 bits per heavy atom. The standard InChI is InChI=1S/C34H36N2O4/c1-3-7-23(8-4-1)21-36-16-14-29-30-20-25(37-22-24-9-5-2-6-10-24)11-12-31(30)35-33(29)32(36)13-15-34-38-26-17-27(39-34)19-28(18-26)40-34/h1-12,20,26-28,32,35H,13-19,21-22H2. The van der Waals surface area contributed by atoms with Crippen molar-refractivity contribution in [3.05, 3.63) is 101 Å². The van der Waals surface area contributed by atoms with Gasteiger partial charge in [-0.3, -0.25) is 4.90 Å². The lowest BCUT2D eigenvalue weighted by Crippen LogP contribution is -2.62. The van der Waals surface area contributed by atoms with Gasteiger partial charge in [-0.05, 0) is 47.7 Å². The molecule has 1 N–H and O–H groups in total. The molecule has 206 valence electrons. The van der Waals surface area contributed by atoms with Crippen LogP contribution in [0.15, 0.2) is 78.9 Å². The number of hydrogen-bond acceptors (Lipinski definition) is 5. The summed E-state index contributed by atoms with van der Waals surface area (Å²) < 4.78 is 25.4. The van der Waals surface area contributed by atoms with Crippen molar-refractivity contribution in [2.24, 2.45) is 0 Å². The molecule has 1 unspecified atom stereocenters. The zero-order valence-corrected chi connectivity index (χ0v) is 22.8. The van der Waals surface area contributed by atoms with Gasteiger partial charge in [-0.2, -0.15) is 0 Å². The number of ether oxygens (including phenoxy) is 4. The van der Waals surface area contributed by atoms with Crippen LogP contribution in [0.4, 0.5) is 0 Å². The Labute approximate surface area is 235 Å². The van der Waals surface area contributed by atoms with E-state index in [0.29, 0.717) is 6.61 Å². The summed E-state index contributed by atoms with van der Waals surface area (Å²) in [6, 6.07) is 27.8. The number of nitrogens with one attached hydrogen (secondary N) is 1. The molecule has 1 atom stereocenters. The number of H-pyrrole nitrogens is 1. The van der Waals surface area contributed by atoms with Crippen molar-refractivity contribution in [2.75, 3.05) is 6.54 Å². The van der Waals surface area contributed by atoms with E-state index >= 15 is 0 Å². The number of benzene rings is 3. The van der Waals surface area contributed by atoms with Gasteiger partial charge in [0, 0.05) is 55.4 Å². The van der Waals surface area contributed by atoms with Crippen LogP contribution in [0.3, 0.4) is 0 Å². The molecule has 6 nitrogen and oxygen atoms in total. The summed E-state index contributed by atoms with van der Waals surface area (Å²) in [7, 11) is 0. The van der Waals surface area contributed by atoms with E-state index in [9.17, 15) is 0 Å². The largest absolute Gasteiger partial charge is 0.489 e. The first-order valence-electron chi connectivity index (χ1n) is 14.8. The second-order valence-electron chi connectivity index (χ2n) is 11.9. The van der Waals surface area contributed by atoms with Gasteiger partial charge in [0.25, 0.3) is 5.97 Å². The quantitative estimate of drug-likeness (QED) is 0.273. The van der Waals surface area contributed by atoms with Crippen LogP contribution in [0.5, 0.6) is 5.75 Å². The maximum absolute atomic E-state index is 6.39. The highest BCUT2D eigenvalue weighted by Gasteiger charge is 2.54. The third-order valence-electron chi connectivity index (χ3n) is 9.15. The topological polar surface area (TPSA) is 56.0 Å². The number of aromatic nitrogens is 1. The van der Waals surface area contributed by atoms with Crippen molar-refractivity contribution in [1.82, 2.24) is 9.88 Å². The Kier molecular flexibility index (Phi) is 6.18. The minimum absolute atomic E-state index is 0.217. The summed E-state index contributed by atoms with van der Waals surface area (Å²) >= 11 is 0. The van der Waals surface area contributed by atoms with Gasteiger partial charge in [0.15, 0.2) is 0 Å². The molecule has 4 fully saturated rings. The van der Waals surface area contributed by atoms with E-state index in [4.69, 9.17) is 18.9 Å². The number of nitrogens with zero attached hydrogens (tertiary/aromatic N) is 1. The fourth-order valence-corrected chi connectivity index (χ4v) is 7.35.